The van der Waals surface area contributed by atoms with Crippen molar-refractivity contribution in [3.8, 4) is 5.75 Å². The number of likely N-dealkylation sites (tertiary alicyclic amines) is 1. The molecular weight excluding hydrogens is 689 g/mol. The average Bonchev–Trinajstić information content (AvgIpc) is 3.24. The minimum Gasteiger partial charge on any atom is -0.490 e. The van der Waals surface area contributed by atoms with Gasteiger partial charge < -0.3 is 19.1 Å². The molecule has 1 unspecified atom stereocenters. The molecule has 278 valence electrons. The van der Waals surface area contributed by atoms with Gasteiger partial charge in [0, 0.05) is 53.3 Å². The van der Waals surface area contributed by atoms with Gasteiger partial charge in [-0.2, -0.15) is 0 Å². The van der Waals surface area contributed by atoms with Gasteiger partial charge in [0.1, 0.15) is 11.9 Å². The molecule has 1 amide bonds. The Morgan fingerprint density at radius 3 is 2.55 bits per heavy atom. The third kappa shape index (κ3) is 6.93. The molecule has 8 rings (SSSR count). The summed E-state index contributed by atoms with van der Waals surface area (Å²) < 4.78 is 50.2. The molecule has 51 heavy (non-hydrogen) atoms. The number of carbonyl (C=O) groups is 1. The van der Waals surface area contributed by atoms with E-state index in [1.165, 1.54) is 11.1 Å². The number of ether oxygens (including phenoxy) is 3. The lowest BCUT2D eigenvalue weighted by molar-refractivity contribution is -0.249. The zero-order valence-corrected chi connectivity index (χ0v) is 31.6. The van der Waals surface area contributed by atoms with E-state index in [-0.39, 0.29) is 40.7 Å². The van der Waals surface area contributed by atoms with Crippen molar-refractivity contribution in [1.82, 2.24) is 9.62 Å². The van der Waals surface area contributed by atoms with E-state index in [1.807, 2.05) is 25.1 Å². The van der Waals surface area contributed by atoms with Crippen LogP contribution in [0.4, 0.5) is 10.1 Å². The average molecular weight is 742 g/mol. The molecule has 0 radical (unpaired) electrons. The van der Waals surface area contributed by atoms with Gasteiger partial charge in [0.15, 0.2) is 6.29 Å². The highest BCUT2D eigenvalue weighted by molar-refractivity contribution is 7.99. The van der Waals surface area contributed by atoms with Crippen LogP contribution in [0, 0.1) is 23.7 Å². The number of nitrogens with zero attached hydrogens (tertiary/aromatic N) is 2. The van der Waals surface area contributed by atoms with Gasteiger partial charge >= 0.3 is 0 Å². The number of carbonyl (C=O) groups excluding carboxylic acids is 1. The molecule has 4 aliphatic heterocycles. The van der Waals surface area contributed by atoms with Crippen LogP contribution in [0.3, 0.4) is 0 Å². The van der Waals surface area contributed by atoms with Crippen molar-refractivity contribution in [3.05, 3.63) is 58.1 Å². The van der Waals surface area contributed by atoms with Gasteiger partial charge in [-0.05, 0) is 117 Å². The number of anilines is 1. The standard InChI is InChI=1S/C40H53ClFN3O5S/c1-25-6-4-8-34(39-48-21-32(22-49-39)44-19-31(42)20-44)33-12-9-29(33)18-45-23-40(15-5-7-27-16-30(41)11-13-35(27)40)24-50-37-14-10-28(17-36(37)45)38(46)43-51(3,47)26(25)2/h10-11,13-14,16-17,25-26,29,31-34,39H,3-9,12,15,18-24H2,1-2H3,(H,43,46,47)/t25-,26+,29-,32?,33+,34+,39?,40-,51?/m0/s1. The van der Waals surface area contributed by atoms with Gasteiger partial charge in [-0.25, -0.2) is 8.60 Å². The molecule has 1 saturated carbocycles. The lowest BCUT2D eigenvalue weighted by Crippen LogP contribution is -2.59. The lowest BCUT2D eigenvalue weighted by atomic mass is 9.64. The van der Waals surface area contributed by atoms with E-state index in [1.54, 1.807) is 6.07 Å². The summed E-state index contributed by atoms with van der Waals surface area (Å²) in [7, 11) is -2.93. The van der Waals surface area contributed by atoms with Crippen molar-refractivity contribution in [3.63, 3.8) is 0 Å². The van der Waals surface area contributed by atoms with Crippen molar-refractivity contribution in [1.29, 1.82) is 0 Å². The SMILES string of the molecule is C=S1(=O)NC(=O)c2ccc3c(c2)N(C[C@@H]2CC[C@H]2[C@H](C2OCC(N4CC(F)C4)CO2)CCC[C@H](C)[C@H]1C)C[C@@]1(CCCc2cc(Cl)ccc21)CO3. The summed E-state index contributed by atoms with van der Waals surface area (Å²) in [6.07, 6.45) is 6.98. The van der Waals surface area contributed by atoms with Crippen LogP contribution in [0.1, 0.15) is 80.3 Å². The molecule has 1 spiro atoms. The van der Waals surface area contributed by atoms with Gasteiger partial charge in [0.25, 0.3) is 5.91 Å². The second kappa shape index (κ2) is 14.1. The molecule has 3 fully saturated rings. The van der Waals surface area contributed by atoms with Crippen molar-refractivity contribution in [2.24, 2.45) is 23.7 Å². The molecule has 11 heteroatoms. The van der Waals surface area contributed by atoms with E-state index in [2.05, 4.69) is 39.4 Å². The van der Waals surface area contributed by atoms with Gasteiger partial charge in [0.05, 0.1) is 41.3 Å². The van der Waals surface area contributed by atoms with E-state index >= 15 is 0 Å². The Kier molecular flexibility index (Phi) is 9.87. The molecule has 4 heterocycles. The number of hydrogen-bond donors (Lipinski definition) is 1. The van der Waals surface area contributed by atoms with Crippen molar-refractivity contribution < 1.29 is 27.6 Å². The molecular formula is C40H53ClFN3O5S. The van der Waals surface area contributed by atoms with E-state index in [0.29, 0.717) is 50.3 Å². The van der Waals surface area contributed by atoms with E-state index in [0.717, 1.165) is 80.9 Å². The van der Waals surface area contributed by atoms with Gasteiger partial charge in [0.2, 0.25) is 0 Å². The number of rotatable bonds is 2. The second-order valence-electron chi connectivity index (χ2n) is 16.5. The van der Waals surface area contributed by atoms with Crippen LogP contribution >= 0.6 is 11.6 Å². The maximum Gasteiger partial charge on any atom is 0.262 e. The fourth-order valence-corrected chi connectivity index (χ4v) is 11.5. The lowest BCUT2D eigenvalue weighted by Gasteiger charge is -2.50. The normalized spacial score (nSPS) is 37.9. The maximum atomic E-state index is 14.0. The number of benzene rings is 2. The Morgan fingerprint density at radius 2 is 1.80 bits per heavy atom. The zero-order valence-electron chi connectivity index (χ0n) is 30.0. The van der Waals surface area contributed by atoms with E-state index in [4.69, 9.17) is 25.8 Å². The zero-order chi connectivity index (χ0) is 35.5. The predicted octanol–water partition coefficient (Wildman–Crippen LogP) is 6.42. The maximum absolute atomic E-state index is 14.0. The summed E-state index contributed by atoms with van der Waals surface area (Å²) in [6.45, 7) is 8.23. The topological polar surface area (TPSA) is 80.3 Å². The largest absolute Gasteiger partial charge is 0.490 e. The number of alkyl halides is 1. The molecule has 1 N–H and O–H groups in total. The highest BCUT2D eigenvalue weighted by Crippen LogP contribution is 2.49. The first kappa shape index (κ1) is 35.6. The third-order valence-corrected chi connectivity index (χ3v) is 15.7. The minimum absolute atomic E-state index is 0.0964. The first-order valence-corrected chi connectivity index (χ1v) is 21.3. The number of fused-ring (bicyclic) bond motifs is 4. The number of halogens is 2. The van der Waals surface area contributed by atoms with Crippen LogP contribution in [0.15, 0.2) is 36.4 Å². The highest BCUT2D eigenvalue weighted by atomic mass is 35.5. The summed E-state index contributed by atoms with van der Waals surface area (Å²) in [4.78, 5) is 18.3. The predicted molar refractivity (Wildman–Crippen MR) is 201 cm³/mol. The monoisotopic (exact) mass is 741 g/mol. The van der Waals surface area contributed by atoms with E-state index < -0.39 is 15.9 Å². The molecule has 2 aromatic carbocycles. The number of amides is 1. The molecule has 2 saturated heterocycles. The number of hydrogen-bond acceptors (Lipinski definition) is 7. The molecule has 2 bridgehead atoms. The van der Waals surface area contributed by atoms with Crippen molar-refractivity contribution >= 4 is 38.8 Å². The Labute approximate surface area is 307 Å². The molecule has 2 aliphatic carbocycles. The minimum atomic E-state index is -2.93. The van der Waals surface area contributed by atoms with Crippen LogP contribution < -0.4 is 14.4 Å². The Balaban J connectivity index is 1.13. The van der Waals surface area contributed by atoms with Gasteiger partial charge in [-0.1, -0.05) is 31.0 Å². The Bertz CT molecular complexity index is 1730. The van der Waals surface area contributed by atoms with Gasteiger partial charge in [-0.3, -0.25) is 14.4 Å². The molecule has 2 aromatic rings. The first-order valence-electron chi connectivity index (χ1n) is 19.1. The summed E-state index contributed by atoms with van der Waals surface area (Å²) in [5, 5.41) is 0.455. The summed E-state index contributed by atoms with van der Waals surface area (Å²) >= 11 is 6.49. The Hall–Kier alpha value is -2.37. The molecule has 8 nitrogen and oxygen atoms in total. The van der Waals surface area contributed by atoms with Crippen molar-refractivity contribution in [2.45, 2.75) is 94.4 Å². The molecule has 7 atom stereocenters. The summed E-state index contributed by atoms with van der Waals surface area (Å²) in [5.74, 6) is 5.60. The van der Waals surface area contributed by atoms with Crippen LogP contribution in [-0.4, -0.2) is 90.6 Å². The first-order chi connectivity index (χ1) is 24.5. The smallest absolute Gasteiger partial charge is 0.262 e. The molecule has 0 aromatic heterocycles. The van der Waals surface area contributed by atoms with E-state index in [9.17, 15) is 13.4 Å². The summed E-state index contributed by atoms with van der Waals surface area (Å²) in [5.41, 5.74) is 3.73. The van der Waals surface area contributed by atoms with Crippen LogP contribution in [0.25, 0.3) is 0 Å². The van der Waals surface area contributed by atoms with Crippen LogP contribution in [0.5, 0.6) is 5.75 Å². The quantitative estimate of drug-likeness (QED) is 0.356. The van der Waals surface area contributed by atoms with Crippen LogP contribution in [-0.2, 0) is 31.0 Å². The summed E-state index contributed by atoms with van der Waals surface area (Å²) in [6, 6.07) is 12.0. The van der Waals surface area contributed by atoms with Crippen molar-refractivity contribution in [2.75, 3.05) is 50.9 Å². The van der Waals surface area contributed by atoms with Gasteiger partial charge in [-0.15, -0.1) is 0 Å². The van der Waals surface area contributed by atoms with Crippen LogP contribution in [0.2, 0.25) is 5.02 Å². The second-order valence-corrected chi connectivity index (χ2v) is 19.3. The number of nitrogens with one attached hydrogen (secondary N) is 1. The highest BCUT2D eigenvalue weighted by Gasteiger charge is 2.47. The fourth-order valence-electron chi connectivity index (χ4n) is 9.79. The fraction of sp³-hybridized carbons (Fsp3) is 0.650. The Morgan fingerprint density at radius 1 is 1.00 bits per heavy atom. The molecule has 6 aliphatic rings. The number of aryl methyl sites for hydroxylation is 1. The third-order valence-electron chi connectivity index (χ3n) is 13.3.